The van der Waals surface area contributed by atoms with Gasteiger partial charge >= 0.3 is 5.97 Å². The van der Waals surface area contributed by atoms with E-state index in [1.807, 2.05) is 0 Å². The number of hydrogen-bond donors (Lipinski definition) is 1. The third-order valence-corrected chi connectivity index (χ3v) is 2.34. The molecule has 0 aromatic heterocycles. The van der Waals surface area contributed by atoms with Gasteiger partial charge in [-0.25, -0.2) is 4.79 Å². The van der Waals surface area contributed by atoms with Crippen LogP contribution in [0.2, 0.25) is 5.02 Å². The van der Waals surface area contributed by atoms with Crippen LogP contribution in [0.4, 0.5) is 5.69 Å². The van der Waals surface area contributed by atoms with Gasteiger partial charge in [-0.15, -0.1) is 0 Å². The predicted octanol–water partition coefficient (Wildman–Crippen LogP) is 2.10. The van der Waals surface area contributed by atoms with Crippen molar-refractivity contribution < 1.29 is 19.1 Å². The van der Waals surface area contributed by atoms with Crippen molar-refractivity contribution in [3.05, 3.63) is 28.8 Å². The number of carbonyl (C=O) groups excluding carboxylic acids is 2. The summed E-state index contributed by atoms with van der Waals surface area (Å²) < 4.78 is 9.52. The SMILES string of the molecule is CCOC(=O)c1ccc(NC(=O)COC)cc1Cl. The first kappa shape index (κ1) is 14.5. The third kappa shape index (κ3) is 4.01. The molecule has 0 saturated carbocycles. The van der Waals surface area contributed by atoms with Gasteiger partial charge in [-0.05, 0) is 25.1 Å². The summed E-state index contributed by atoms with van der Waals surface area (Å²) in [5, 5.41) is 2.81. The molecule has 0 aliphatic heterocycles. The number of hydrogen-bond acceptors (Lipinski definition) is 4. The van der Waals surface area contributed by atoms with E-state index in [4.69, 9.17) is 16.3 Å². The minimum atomic E-state index is -0.489. The summed E-state index contributed by atoms with van der Waals surface area (Å²) in [6, 6.07) is 4.57. The molecule has 1 aromatic carbocycles. The summed E-state index contributed by atoms with van der Waals surface area (Å²) in [5.41, 5.74) is 0.762. The van der Waals surface area contributed by atoms with E-state index in [-0.39, 0.29) is 29.7 Å². The molecule has 0 saturated heterocycles. The molecule has 5 nitrogen and oxygen atoms in total. The highest BCUT2D eigenvalue weighted by atomic mass is 35.5. The number of rotatable bonds is 5. The highest BCUT2D eigenvalue weighted by Crippen LogP contribution is 2.21. The Hall–Kier alpha value is -1.59. The minimum absolute atomic E-state index is 0.0444. The Morgan fingerprint density at radius 3 is 2.67 bits per heavy atom. The van der Waals surface area contributed by atoms with Crippen molar-refractivity contribution in [2.75, 3.05) is 25.6 Å². The molecule has 0 bridgehead atoms. The molecule has 0 aliphatic rings. The average molecular weight is 272 g/mol. The molecular weight excluding hydrogens is 258 g/mol. The first-order valence-corrected chi connectivity index (χ1v) is 5.71. The molecule has 1 aromatic rings. The first-order chi connectivity index (χ1) is 8.58. The molecule has 18 heavy (non-hydrogen) atoms. The number of benzene rings is 1. The summed E-state index contributed by atoms with van der Waals surface area (Å²) in [6.07, 6.45) is 0. The molecule has 0 aliphatic carbocycles. The Kier molecular flexibility index (Phi) is 5.61. The molecule has 0 spiro atoms. The number of anilines is 1. The summed E-state index contributed by atoms with van der Waals surface area (Å²) in [5.74, 6) is -0.783. The zero-order valence-electron chi connectivity index (χ0n) is 10.2. The molecule has 0 unspecified atom stereocenters. The van der Waals surface area contributed by atoms with Gasteiger partial charge in [-0.1, -0.05) is 11.6 Å². The lowest BCUT2D eigenvalue weighted by Crippen LogP contribution is -2.17. The van der Waals surface area contributed by atoms with Crippen LogP contribution in [0.1, 0.15) is 17.3 Å². The summed E-state index contributed by atoms with van der Waals surface area (Å²) >= 11 is 5.94. The normalized spacial score (nSPS) is 9.94. The molecule has 1 rings (SSSR count). The number of esters is 1. The second-order valence-electron chi connectivity index (χ2n) is 3.40. The zero-order chi connectivity index (χ0) is 13.5. The van der Waals surface area contributed by atoms with Crippen LogP contribution in [-0.4, -0.2) is 32.2 Å². The second-order valence-corrected chi connectivity index (χ2v) is 3.80. The second kappa shape index (κ2) is 6.98. The Bertz CT molecular complexity index is 448. The van der Waals surface area contributed by atoms with Crippen LogP contribution in [0.15, 0.2) is 18.2 Å². The number of methoxy groups -OCH3 is 1. The van der Waals surface area contributed by atoms with Crippen molar-refractivity contribution in [3.63, 3.8) is 0 Å². The van der Waals surface area contributed by atoms with Crippen molar-refractivity contribution in [1.82, 2.24) is 0 Å². The molecule has 0 atom stereocenters. The lowest BCUT2D eigenvalue weighted by molar-refractivity contribution is -0.119. The standard InChI is InChI=1S/C12H14ClNO4/c1-3-18-12(16)9-5-4-8(6-10(9)13)14-11(15)7-17-2/h4-6H,3,7H2,1-2H3,(H,14,15). The van der Waals surface area contributed by atoms with E-state index in [0.717, 1.165) is 0 Å². The Morgan fingerprint density at radius 1 is 1.39 bits per heavy atom. The zero-order valence-corrected chi connectivity index (χ0v) is 10.9. The van der Waals surface area contributed by atoms with Crippen molar-refractivity contribution >= 4 is 29.2 Å². The van der Waals surface area contributed by atoms with Gasteiger partial charge in [0, 0.05) is 12.8 Å². The van der Waals surface area contributed by atoms with Crippen molar-refractivity contribution in [2.45, 2.75) is 6.92 Å². The molecule has 98 valence electrons. The largest absolute Gasteiger partial charge is 0.462 e. The Balaban J connectivity index is 2.79. The van der Waals surface area contributed by atoms with Crippen LogP contribution in [0, 0.1) is 0 Å². The lowest BCUT2D eigenvalue weighted by Gasteiger charge is -2.08. The fraction of sp³-hybridized carbons (Fsp3) is 0.333. The molecule has 0 fully saturated rings. The van der Waals surface area contributed by atoms with E-state index in [0.29, 0.717) is 5.69 Å². The van der Waals surface area contributed by atoms with Crippen molar-refractivity contribution in [1.29, 1.82) is 0 Å². The van der Waals surface area contributed by atoms with Gasteiger partial charge in [0.25, 0.3) is 0 Å². The molecule has 1 N–H and O–H groups in total. The van der Waals surface area contributed by atoms with Gasteiger partial charge in [0.1, 0.15) is 6.61 Å². The fourth-order valence-electron chi connectivity index (χ4n) is 1.30. The molecule has 6 heteroatoms. The van der Waals surface area contributed by atoms with Gasteiger partial charge in [0.05, 0.1) is 17.2 Å². The maximum atomic E-state index is 11.5. The van der Waals surface area contributed by atoms with Crippen LogP contribution in [-0.2, 0) is 14.3 Å². The van der Waals surface area contributed by atoms with Gasteiger partial charge in [-0.2, -0.15) is 0 Å². The lowest BCUT2D eigenvalue weighted by atomic mass is 10.2. The van der Waals surface area contributed by atoms with Crippen LogP contribution >= 0.6 is 11.6 Å². The van der Waals surface area contributed by atoms with Crippen LogP contribution < -0.4 is 5.32 Å². The highest BCUT2D eigenvalue weighted by molar-refractivity contribution is 6.34. The number of halogens is 1. The first-order valence-electron chi connectivity index (χ1n) is 5.34. The molecule has 0 heterocycles. The van der Waals surface area contributed by atoms with Crippen LogP contribution in [0.25, 0.3) is 0 Å². The smallest absolute Gasteiger partial charge is 0.339 e. The number of carbonyl (C=O) groups is 2. The summed E-state index contributed by atoms with van der Waals surface area (Å²) in [7, 11) is 1.43. The fourth-order valence-corrected chi connectivity index (χ4v) is 1.55. The third-order valence-electron chi connectivity index (χ3n) is 2.02. The number of amides is 1. The maximum absolute atomic E-state index is 11.5. The van der Waals surface area contributed by atoms with Gasteiger partial charge < -0.3 is 14.8 Å². The average Bonchev–Trinajstić information content (AvgIpc) is 2.29. The molecule has 0 radical (unpaired) electrons. The van der Waals surface area contributed by atoms with E-state index in [2.05, 4.69) is 10.1 Å². The van der Waals surface area contributed by atoms with Gasteiger partial charge in [0.2, 0.25) is 5.91 Å². The van der Waals surface area contributed by atoms with E-state index >= 15 is 0 Å². The van der Waals surface area contributed by atoms with E-state index < -0.39 is 5.97 Å². The van der Waals surface area contributed by atoms with Crippen LogP contribution in [0.3, 0.4) is 0 Å². The van der Waals surface area contributed by atoms with Gasteiger partial charge in [-0.3, -0.25) is 4.79 Å². The van der Waals surface area contributed by atoms with E-state index in [1.165, 1.54) is 19.2 Å². The van der Waals surface area contributed by atoms with Crippen LogP contribution in [0.5, 0.6) is 0 Å². The van der Waals surface area contributed by atoms with Crippen molar-refractivity contribution in [3.8, 4) is 0 Å². The topological polar surface area (TPSA) is 64.6 Å². The Labute approximate surface area is 110 Å². The number of nitrogens with one attached hydrogen (secondary N) is 1. The van der Waals surface area contributed by atoms with Crippen molar-refractivity contribution in [2.24, 2.45) is 0 Å². The Morgan fingerprint density at radius 2 is 2.11 bits per heavy atom. The number of ether oxygens (including phenoxy) is 2. The summed E-state index contributed by atoms with van der Waals surface area (Å²) in [4.78, 5) is 22.8. The summed E-state index contributed by atoms with van der Waals surface area (Å²) in [6.45, 7) is 1.95. The molecule has 1 amide bonds. The quantitative estimate of drug-likeness (QED) is 0.833. The van der Waals surface area contributed by atoms with Gasteiger partial charge in [0.15, 0.2) is 0 Å². The monoisotopic (exact) mass is 271 g/mol. The maximum Gasteiger partial charge on any atom is 0.339 e. The highest BCUT2D eigenvalue weighted by Gasteiger charge is 2.12. The predicted molar refractivity (Wildman–Crippen MR) is 67.9 cm³/mol. The molecular formula is C12H14ClNO4. The van der Waals surface area contributed by atoms with E-state index in [9.17, 15) is 9.59 Å². The minimum Gasteiger partial charge on any atom is -0.462 e. The van der Waals surface area contributed by atoms with E-state index in [1.54, 1.807) is 13.0 Å².